The van der Waals surface area contributed by atoms with Crippen LogP contribution < -0.4 is 10.2 Å². The number of imidazole rings is 1. The third kappa shape index (κ3) is 3.47. The molecule has 1 fully saturated rings. The lowest BCUT2D eigenvalue weighted by atomic mass is 10.0. The van der Waals surface area contributed by atoms with Crippen LogP contribution in [0.4, 0.5) is 16.0 Å². The molecular weight excluding hydrogens is 383 g/mol. The van der Waals surface area contributed by atoms with Crippen molar-refractivity contribution < 1.29 is 9.18 Å². The van der Waals surface area contributed by atoms with Crippen LogP contribution in [0.2, 0.25) is 0 Å². The predicted octanol–water partition coefficient (Wildman–Crippen LogP) is 3.86. The summed E-state index contributed by atoms with van der Waals surface area (Å²) >= 11 is 0. The molecule has 0 aliphatic carbocycles. The number of carbonyl (C=O) groups is 1. The highest BCUT2D eigenvalue weighted by Crippen LogP contribution is 2.35. The normalized spacial score (nSPS) is 16.2. The number of halogens is 1. The van der Waals surface area contributed by atoms with Crippen LogP contribution in [0.15, 0.2) is 67.1 Å². The molecule has 4 heterocycles. The van der Waals surface area contributed by atoms with Gasteiger partial charge in [-0.15, -0.1) is 5.10 Å². The Morgan fingerprint density at radius 3 is 2.80 bits per heavy atom. The minimum atomic E-state index is -0.275. The first-order valence-corrected chi connectivity index (χ1v) is 9.77. The zero-order chi connectivity index (χ0) is 20.5. The number of fused-ring (bicyclic) bond motifs is 1. The van der Waals surface area contributed by atoms with Gasteiger partial charge in [-0.1, -0.05) is 12.1 Å². The van der Waals surface area contributed by atoms with Crippen molar-refractivity contribution in [3.63, 3.8) is 0 Å². The van der Waals surface area contributed by atoms with Crippen molar-refractivity contribution >= 4 is 23.2 Å². The quantitative estimate of drug-likeness (QED) is 0.561. The Labute approximate surface area is 172 Å². The number of nitrogens with zero attached hydrogens (tertiary/aromatic N) is 5. The van der Waals surface area contributed by atoms with Crippen molar-refractivity contribution in [2.75, 3.05) is 16.8 Å². The predicted molar refractivity (Wildman–Crippen MR) is 111 cm³/mol. The molecule has 1 aliphatic rings. The van der Waals surface area contributed by atoms with Gasteiger partial charge in [0.15, 0.2) is 11.5 Å². The van der Waals surface area contributed by atoms with E-state index in [-0.39, 0.29) is 17.8 Å². The highest BCUT2D eigenvalue weighted by atomic mass is 19.1. The van der Waals surface area contributed by atoms with Crippen LogP contribution in [0.5, 0.6) is 0 Å². The van der Waals surface area contributed by atoms with E-state index in [0.717, 1.165) is 30.8 Å². The molecule has 1 aliphatic heterocycles. The van der Waals surface area contributed by atoms with Crippen molar-refractivity contribution in [3.8, 4) is 0 Å². The highest BCUT2D eigenvalue weighted by molar-refractivity contribution is 6.03. The first-order valence-electron chi connectivity index (χ1n) is 9.77. The van der Waals surface area contributed by atoms with E-state index in [2.05, 4.69) is 20.2 Å². The lowest BCUT2D eigenvalue weighted by Crippen LogP contribution is -2.24. The number of aromatic nitrogens is 4. The standard InChI is InChI=1S/C22H19FN6O/c23-17-7-5-15(6-8-17)18-4-2-12-28(18)21-10-9-20-25-19(14-29(20)27-21)26-22(30)16-3-1-11-24-13-16/h1,3,5-11,13-14,18H,2,4,12H2,(H,26,30). The second-order valence-corrected chi connectivity index (χ2v) is 7.22. The third-order valence-electron chi connectivity index (χ3n) is 5.27. The Morgan fingerprint density at radius 1 is 1.13 bits per heavy atom. The van der Waals surface area contributed by atoms with Gasteiger partial charge in [0.2, 0.25) is 0 Å². The van der Waals surface area contributed by atoms with Crippen molar-refractivity contribution in [2.24, 2.45) is 0 Å². The maximum Gasteiger partial charge on any atom is 0.258 e. The first-order chi connectivity index (χ1) is 14.7. The number of rotatable bonds is 4. The number of nitrogens with one attached hydrogen (secondary N) is 1. The fraction of sp³-hybridized carbons (Fsp3) is 0.182. The summed E-state index contributed by atoms with van der Waals surface area (Å²) in [6.07, 6.45) is 6.84. The van der Waals surface area contributed by atoms with Crippen LogP contribution in [-0.2, 0) is 0 Å². The number of benzene rings is 1. The summed E-state index contributed by atoms with van der Waals surface area (Å²) in [4.78, 5) is 22.9. The van der Waals surface area contributed by atoms with Crippen LogP contribution in [0.1, 0.15) is 34.8 Å². The number of hydrogen-bond acceptors (Lipinski definition) is 5. The summed E-state index contributed by atoms with van der Waals surface area (Å²) in [7, 11) is 0. The fourth-order valence-electron chi connectivity index (χ4n) is 3.84. The van der Waals surface area contributed by atoms with Gasteiger partial charge in [0.25, 0.3) is 5.91 Å². The average Bonchev–Trinajstić information content (AvgIpc) is 3.41. The summed E-state index contributed by atoms with van der Waals surface area (Å²) in [6, 6.07) is 14.0. The summed E-state index contributed by atoms with van der Waals surface area (Å²) in [6.45, 7) is 0.875. The molecule has 0 spiro atoms. The summed E-state index contributed by atoms with van der Waals surface area (Å²) in [5.41, 5.74) is 2.17. The van der Waals surface area contributed by atoms with Crippen molar-refractivity contribution in [2.45, 2.75) is 18.9 Å². The van der Waals surface area contributed by atoms with E-state index in [1.54, 1.807) is 29.0 Å². The third-order valence-corrected chi connectivity index (χ3v) is 5.27. The number of anilines is 2. The van der Waals surface area contributed by atoms with E-state index < -0.39 is 0 Å². The van der Waals surface area contributed by atoms with E-state index in [1.807, 2.05) is 24.3 Å². The topological polar surface area (TPSA) is 75.4 Å². The van der Waals surface area contributed by atoms with Gasteiger partial charge in [0, 0.05) is 18.9 Å². The molecule has 3 aromatic heterocycles. The molecule has 1 amide bonds. The minimum Gasteiger partial charge on any atom is -0.348 e. The molecule has 30 heavy (non-hydrogen) atoms. The molecule has 150 valence electrons. The molecule has 8 heteroatoms. The molecule has 1 aromatic carbocycles. The van der Waals surface area contributed by atoms with Crippen LogP contribution in [-0.4, -0.2) is 32.0 Å². The lowest BCUT2D eigenvalue weighted by Gasteiger charge is -2.26. The molecule has 0 saturated carbocycles. The van der Waals surface area contributed by atoms with E-state index in [4.69, 9.17) is 5.10 Å². The summed E-state index contributed by atoms with van der Waals surface area (Å²) in [5, 5.41) is 7.47. The number of amides is 1. The molecular formula is C22H19FN6O. The molecule has 1 N–H and O–H groups in total. The van der Waals surface area contributed by atoms with Gasteiger partial charge in [0.1, 0.15) is 11.6 Å². The lowest BCUT2D eigenvalue weighted by molar-refractivity contribution is 0.102. The van der Waals surface area contributed by atoms with Gasteiger partial charge in [-0.2, -0.15) is 0 Å². The summed E-state index contributed by atoms with van der Waals surface area (Å²) in [5.74, 6) is 0.728. The van der Waals surface area contributed by atoms with Gasteiger partial charge < -0.3 is 10.2 Å². The molecule has 1 saturated heterocycles. The highest BCUT2D eigenvalue weighted by Gasteiger charge is 2.27. The van der Waals surface area contributed by atoms with Crippen LogP contribution in [0.3, 0.4) is 0 Å². The molecule has 1 atom stereocenters. The van der Waals surface area contributed by atoms with Crippen LogP contribution >= 0.6 is 0 Å². The summed E-state index contributed by atoms with van der Waals surface area (Å²) < 4.78 is 15.0. The van der Waals surface area contributed by atoms with E-state index in [9.17, 15) is 9.18 Å². The largest absolute Gasteiger partial charge is 0.348 e. The van der Waals surface area contributed by atoms with Gasteiger partial charge in [-0.05, 0) is 54.8 Å². The smallest absolute Gasteiger partial charge is 0.258 e. The molecule has 0 bridgehead atoms. The molecule has 0 radical (unpaired) electrons. The van der Waals surface area contributed by atoms with Crippen LogP contribution in [0, 0.1) is 5.82 Å². The number of carbonyl (C=O) groups excluding carboxylic acids is 1. The molecule has 4 aromatic rings. The Balaban J connectivity index is 1.39. The number of hydrogen-bond donors (Lipinski definition) is 1. The molecule has 5 rings (SSSR count). The molecule has 1 unspecified atom stereocenters. The van der Waals surface area contributed by atoms with Crippen molar-refractivity contribution in [3.05, 3.63) is 84.1 Å². The zero-order valence-corrected chi connectivity index (χ0v) is 16.1. The second-order valence-electron chi connectivity index (χ2n) is 7.22. The van der Waals surface area contributed by atoms with Gasteiger partial charge in [0.05, 0.1) is 17.8 Å². The maximum absolute atomic E-state index is 13.3. The van der Waals surface area contributed by atoms with Crippen LogP contribution in [0.25, 0.3) is 5.65 Å². The SMILES string of the molecule is O=C(Nc1cn2nc(N3CCCC3c3ccc(F)cc3)ccc2n1)c1cccnc1. The minimum absolute atomic E-state index is 0.156. The second kappa shape index (κ2) is 7.55. The van der Waals surface area contributed by atoms with E-state index in [1.165, 1.54) is 18.3 Å². The van der Waals surface area contributed by atoms with Crippen molar-refractivity contribution in [1.29, 1.82) is 0 Å². The first kappa shape index (κ1) is 18.2. The molecule has 7 nitrogen and oxygen atoms in total. The fourth-order valence-corrected chi connectivity index (χ4v) is 3.84. The Hall–Kier alpha value is -3.81. The van der Waals surface area contributed by atoms with E-state index >= 15 is 0 Å². The Bertz CT molecular complexity index is 1190. The number of pyridine rings is 1. The van der Waals surface area contributed by atoms with Gasteiger partial charge in [-0.3, -0.25) is 9.78 Å². The van der Waals surface area contributed by atoms with Gasteiger partial charge >= 0.3 is 0 Å². The zero-order valence-electron chi connectivity index (χ0n) is 16.1. The maximum atomic E-state index is 13.3. The monoisotopic (exact) mass is 402 g/mol. The Morgan fingerprint density at radius 2 is 2.00 bits per heavy atom. The average molecular weight is 402 g/mol. The van der Waals surface area contributed by atoms with Gasteiger partial charge in [-0.25, -0.2) is 13.9 Å². The van der Waals surface area contributed by atoms with Crippen molar-refractivity contribution in [1.82, 2.24) is 19.6 Å². The Kier molecular flexibility index (Phi) is 4.59. The van der Waals surface area contributed by atoms with E-state index in [0.29, 0.717) is 17.0 Å².